The lowest BCUT2D eigenvalue weighted by Gasteiger charge is -2.12. The Morgan fingerprint density at radius 3 is 1.96 bits per heavy atom. The summed E-state index contributed by atoms with van der Waals surface area (Å²) in [5.74, 6) is 0.967. The Kier molecular flexibility index (Phi) is 7.20. The number of hydrogen-bond donors (Lipinski definition) is 0. The number of carbonyl (C=O) groups is 1. The van der Waals surface area contributed by atoms with Crippen LogP contribution in [0.4, 0.5) is 8.78 Å². The smallest absolute Gasteiger partial charge is 0.387 e. The fourth-order valence-electron chi connectivity index (χ4n) is 2.46. The van der Waals surface area contributed by atoms with Crippen LogP contribution >= 0.6 is 0 Å². The minimum absolute atomic E-state index is 0.0308. The maximum absolute atomic E-state index is 12.5. The minimum Gasteiger partial charge on any atom is -0.496 e. The van der Waals surface area contributed by atoms with Gasteiger partial charge in [-0.3, -0.25) is 4.79 Å². The molecular formula is C20H20F2O6. The van der Waals surface area contributed by atoms with Crippen LogP contribution in [0.5, 0.6) is 28.7 Å². The normalized spacial score (nSPS) is 10.8. The van der Waals surface area contributed by atoms with Crippen LogP contribution in [-0.2, 0) is 0 Å². The molecule has 0 fully saturated rings. The summed E-state index contributed by atoms with van der Waals surface area (Å²) < 4.78 is 49.9. The van der Waals surface area contributed by atoms with E-state index in [1.807, 2.05) is 0 Å². The Morgan fingerprint density at radius 1 is 0.821 bits per heavy atom. The second-order valence-electron chi connectivity index (χ2n) is 5.39. The van der Waals surface area contributed by atoms with Gasteiger partial charge in [0.2, 0.25) is 0 Å². The monoisotopic (exact) mass is 394 g/mol. The molecule has 0 aliphatic rings. The SMILES string of the molecule is COc1cc(OC)c(OC)cc1C=CC(=O)c1ccc(OC(F)F)c(OC)c1. The molecule has 8 heteroatoms. The van der Waals surface area contributed by atoms with Gasteiger partial charge in [0.15, 0.2) is 28.8 Å². The first-order valence-corrected chi connectivity index (χ1v) is 8.08. The molecule has 150 valence electrons. The first-order valence-electron chi connectivity index (χ1n) is 8.08. The number of methoxy groups -OCH3 is 4. The van der Waals surface area contributed by atoms with Gasteiger partial charge in [0.25, 0.3) is 0 Å². The molecule has 2 aromatic rings. The van der Waals surface area contributed by atoms with E-state index in [0.717, 1.165) is 0 Å². The van der Waals surface area contributed by atoms with Crippen molar-refractivity contribution >= 4 is 11.9 Å². The summed E-state index contributed by atoms with van der Waals surface area (Å²) in [6, 6.07) is 7.27. The summed E-state index contributed by atoms with van der Waals surface area (Å²) >= 11 is 0. The lowest BCUT2D eigenvalue weighted by atomic mass is 10.1. The van der Waals surface area contributed by atoms with Gasteiger partial charge < -0.3 is 23.7 Å². The highest BCUT2D eigenvalue weighted by Gasteiger charge is 2.14. The van der Waals surface area contributed by atoms with E-state index in [9.17, 15) is 13.6 Å². The van der Waals surface area contributed by atoms with Crippen LogP contribution in [0.3, 0.4) is 0 Å². The van der Waals surface area contributed by atoms with Gasteiger partial charge in [-0.15, -0.1) is 0 Å². The number of hydrogen-bond acceptors (Lipinski definition) is 6. The Hall–Kier alpha value is -3.29. The number of ether oxygens (including phenoxy) is 5. The number of benzene rings is 2. The first-order chi connectivity index (χ1) is 13.4. The van der Waals surface area contributed by atoms with Crippen molar-refractivity contribution in [2.75, 3.05) is 28.4 Å². The summed E-state index contributed by atoms with van der Waals surface area (Å²) in [5.41, 5.74) is 0.840. The van der Waals surface area contributed by atoms with Crippen molar-refractivity contribution in [1.29, 1.82) is 0 Å². The maximum atomic E-state index is 12.5. The van der Waals surface area contributed by atoms with Crippen LogP contribution in [-0.4, -0.2) is 40.8 Å². The summed E-state index contributed by atoms with van der Waals surface area (Å²) in [4.78, 5) is 12.5. The topological polar surface area (TPSA) is 63.2 Å². The lowest BCUT2D eigenvalue weighted by Crippen LogP contribution is -2.04. The molecule has 0 spiro atoms. The fourth-order valence-corrected chi connectivity index (χ4v) is 2.46. The van der Waals surface area contributed by atoms with Gasteiger partial charge in [-0.2, -0.15) is 8.78 Å². The Balaban J connectivity index is 2.30. The van der Waals surface area contributed by atoms with E-state index in [-0.39, 0.29) is 22.8 Å². The molecule has 0 amide bonds. The molecule has 0 aliphatic carbocycles. The number of allylic oxidation sites excluding steroid dienone is 1. The van der Waals surface area contributed by atoms with E-state index in [2.05, 4.69) is 4.74 Å². The summed E-state index contributed by atoms with van der Waals surface area (Å²) in [7, 11) is 5.79. The third-order valence-corrected chi connectivity index (χ3v) is 3.81. The van der Waals surface area contributed by atoms with Gasteiger partial charge in [0.05, 0.1) is 28.4 Å². The van der Waals surface area contributed by atoms with Crippen molar-refractivity contribution in [3.63, 3.8) is 0 Å². The predicted octanol–water partition coefficient (Wildman–Crippen LogP) is 4.22. The third-order valence-electron chi connectivity index (χ3n) is 3.81. The molecule has 2 aromatic carbocycles. The first kappa shape index (κ1) is 21.0. The highest BCUT2D eigenvalue weighted by molar-refractivity contribution is 6.07. The van der Waals surface area contributed by atoms with Crippen molar-refractivity contribution in [3.05, 3.63) is 47.5 Å². The molecule has 0 heterocycles. The molecule has 0 aromatic heterocycles. The summed E-state index contributed by atoms with van der Waals surface area (Å²) in [5, 5.41) is 0. The molecule has 0 aliphatic heterocycles. The van der Waals surface area contributed by atoms with E-state index in [0.29, 0.717) is 22.8 Å². The van der Waals surface area contributed by atoms with Crippen LogP contribution in [0.2, 0.25) is 0 Å². The molecule has 0 N–H and O–H groups in total. The average molecular weight is 394 g/mol. The Labute approximate surface area is 161 Å². The molecule has 0 saturated heterocycles. The highest BCUT2D eigenvalue weighted by atomic mass is 19.3. The third kappa shape index (κ3) is 4.91. The molecule has 0 unspecified atom stereocenters. The fraction of sp³-hybridized carbons (Fsp3) is 0.250. The van der Waals surface area contributed by atoms with Crippen LogP contribution in [0.1, 0.15) is 15.9 Å². The highest BCUT2D eigenvalue weighted by Crippen LogP contribution is 2.35. The van der Waals surface area contributed by atoms with Crippen molar-refractivity contribution in [2.45, 2.75) is 6.61 Å². The van der Waals surface area contributed by atoms with E-state index >= 15 is 0 Å². The zero-order valence-corrected chi connectivity index (χ0v) is 15.8. The van der Waals surface area contributed by atoms with E-state index in [1.54, 1.807) is 18.2 Å². The second-order valence-corrected chi connectivity index (χ2v) is 5.39. The van der Waals surface area contributed by atoms with Gasteiger partial charge in [0, 0.05) is 17.2 Å². The van der Waals surface area contributed by atoms with Crippen molar-refractivity contribution in [1.82, 2.24) is 0 Å². The van der Waals surface area contributed by atoms with Crippen molar-refractivity contribution in [3.8, 4) is 28.7 Å². The molecule has 0 bridgehead atoms. The minimum atomic E-state index is -2.99. The molecule has 6 nitrogen and oxygen atoms in total. The van der Waals surface area contributed by atoms with Gasteiger partial charge >= 0.3 is 6.61 Å². The number of halogens is 2. The van der Waals surface area contributed by atoms with Crippen molar-refractivity contribution < 1.29 is 37.3 Å². The predicted molar refractivity (Wildman–Crippen MR) is 99.1 cm³/mol. The quantitative estimate of drug-likeness (QED) is 0.469. The molecular weight excluding hydrogens is 374 g/mol. The van der Waals surface area contributed by atoms with Crippen molar-refractivity contribution in [2.24, 2.45) is 0 Å². The average Bonchev–Trinajstić information content (AvgIpc) is 2.70. The van der Waals surface area contributed by atoms with Crippen LogP contribution in [0.15, 0.2) is 36.4 Å². The van der Waals surface area contributed by atoms with E-state index in [4.69, 9.17) is 18.9 Å². The Bertz CT molecular complexity index is 864. The largest absolute Gasteiger partial charge is 0.496 e. The molecule has 0 saturated carbocycles. The molecule has 0 atom stereocenters. The van der Waals surface area contributed by atoms with Crippen LogP contribution in [0.25, 0.3) is 6.08 Å². The lowest BCUT2D eigenvalue weighted by molar-refractivity contribution is -0.0512. The number of rotatable bonds is 9. The maximum Gasteiger partial charge on any atom is 0.387 e. The molecule has 28 heavy (non-hydrogen) atoms. The van der Waals surface area contributed by atoms with Crippen LogP contribution < -0.4 is 23.7 Å². The Morgan fingerprint density at radius 2 is 1.39 bits per heavy atom. The number of carbonyl (C=O) groups excluding carboxylic acids is 1. The number of alkyl halides is 2. The van der Waals surface area contributed by atoms with Gasteiger partial charge in [-0.25, -0.2) is 0 Å². The van der Waals surface area contributed by atoms with Gasteiger partial charge in [0.1, 0.15) is 5.75 Å². The van der Waals surface area contributed by atoms with Gasteiger partial charge in [-0.1, -0.05) is 0 Å². The van der Waals surface area contributed by atoms with E-state index < -0.39 is 6.61 Å². The standard InChI is InChI=1S/C20H20F2O6/c1-24-16-11-19(27-4)18(26-3)10-13(16)5-7-14(23)12-6-8-15(28-20(21)22)17(9-12)25-2/h5-11,20H,1-4H3. The molecule has 0 radical (unpaired) electrons. The summed E-state index contributed by atoms with van der Waals surface area (Å²) in [6.45, 7) is -2.99. The number of ketones is 1. The zero-order valence-electron chi connectivity index (χ0n) is 15.8. The van der Waals surface area contributed by atoms with Gasteiger partial charge in [-0.05, 0) is 36.4 Å². The zero-order chi connectivity index (χ0) is 20.7. The second kappa shape index (κ2) is 9.59. The summed E-state index contributed by atoms with van der Waals surface area (Å²) in [6.07, 6.45) is 2.88. The van der Waals surface area contributed by atoms with E-state index in [1.165, 1.54) is 52.7 Å². The molecule has 2 rings (SSSR count). The van der Waals surface area contributed by atoms with Crippen LogP contribution in [0, 0.1) is 0 Å².